The van der Waals surface area contributed by atoms with E-state index in [0.717, 1.165) is 18.4 Å². The molecule has 0 bridgehead atoms. The average Bonchev–Trinajstić information content (AvgIpc) is 3.18. The van der Waals surface area contributed by atoms with Crippen molar-refractivity contribution in [3.05, 3.63) is 35.4 Å². The van der Waals surface area contributed by atoms with Crippen molar-refractivity contribution < 1.29 is 15.3 Å². The Morgan fingerprint density at radius 1 is 1.35 bits per heavy atom. The highest BCUT2D eigenvalue weighted by molar-refractivity contribution is 5.41. The first-order chi connectivity index (χ1) is 8.13. The maximum absolute atomic E-state index is 9.78. The van der Waals surface area contributed by atoms with Gasteiger partial charge in [-0.3, -0.25) is 0 Å². The van der Waals surface area contributed by atoms with Gasteiger partial charge in [0.05, 0.1) is 18.1 Å². The highest BCUT2D eigenvalue weighted by Gasteiger charge is 2.45. The minimum absolute atomic E-state index is 0.403. The number of aliphatic hydroxyl groups excluding tert-OH is 3. The smallest absolute Gasteiger partial charge is 0.107 e. The molecule has 1 aliphatic rings. The van der Waals surface area contributed by atoms with Crippen molar-refractivity contribution in [2.75, 3.05) is 6.61 Å². The number of hydrogen-bond donors (Lipinski definition) is 3. The van der Waals surface area contributed by atoms with E-state index in [-0.39, 0.29) is 0 Å². The molecule has 1 saturated carbocycles. The predicted octanol–water partition coefficient (Wildman–Crippen LogP) is 0.628. The maximum atomic E-state index is 9.78. The van der Waals surface area contributed by atoms with Crippen LogP contribution in [0.25, 0.3) is 0 Å². The van der Waals surface area contributed by atoms with Gasteiger partial charge in [0, 0.05) is 0 Å². The van der Waals surface area contributed by atoms with Crippen molar-refractivity contribution in [1.82, 2.24) is 0 Å². The predicted molar refractivity (Wildman–Crippen MR) is 61.0 cm³/mol. The van der Waals surface area contributed by atoms with E-state index in [2.05, 4.69) is 6.07 Å². The largest absolute Gasteiger partial charge is 0.394 e. The van der Waals surface area contributed by atoms with E-state index in [9.17, 15) is 10.2 Å². The number of rotatable bonds is 4. The minimum atomic E-state index is -1.19. The Labute approximate surface area is 99.8 Å². The molecule has 0 aliphatic heterocycles. The second-order valence-electron chi connectivity index (χ2n) is 4.51. The Morgan fingerprint density at radius 3 is 2.59 bits per heavy atom. The molecular weight excluding hydrogens is 218 g/mol. The molecule has 3 N–H and O–H groups in total. The summed E-state index contributed by atoms with van der Waals surface area (Å²) in [4.78, 5) is 0. The summed E-state index contributed by atoms with van der Waals surface area (Å²) < 4.78 is 0. The fourth-order valence-corrected chi connectivity index (χ4v) is 1.93. The van der Waals surface area contributed by atoms with Gasteiger partial charge in [-0.15, -0.1) is 0 Å². The summed E-state index contributed by atoms with van der Waals surface area (Å²) in [6.07, 6.45) is -0.631. The first-order valence-corrected chi connectivity index (χ1v) is 5.61. The van der Waals surface area contributed by atoms with Crippen LogP contribution in [0.2, 0.25) is 0 Å². The van der Waals surface area contributed by atoms with Crippen LogP contribution in [0.3, 0.4) is 0 Å². The molecule has 4 nitrogen and oxygen atoms in total. The van der Waals surface area contributed by atoms with E-state index in [1.54, 1.807) is 18.2 Å². The van der Waals surface area contributed by atoms with Crippen LogP contribution in [0, 0.1) is 11.3 Å². The zero-order valence-corrected chi connectivity index (χ0v) is 9.37. The number of hydrogen-bond acceptors (Lipinski definition) is 4. The Hall–Kier alpha value is -1.41. The highest BCUT2D eigenvalue weighted by atomic mass is 16.4. The van der Waals surface area contributed by atoms with Crippen LogP contribution in [0.4, 0.5) is 0 Å². The van der Waals surface area contributed by atoms with Crippen LogP contribution in [0.15, 0.2) is 24.3 Å². The molecule has 0 aromatic heterocycles. The molecule has 17 heavy (non-hydrogen) atoms. The third kappa shape index (κ3) is 2.18. The molecule has 0 spiro atoms. The lowest BCUT2D eigenvalue weighted by atomic mass is 9.93. The van der Waals surface area contributed by atoms with E-state index >= 15 is 0 Å². The average molecular weight is 233 g/mol. The lowest BCUT2D eigenvalue weighted by molar-refractivity contribution is -0.0152. The van der Waals surface area contributed by atoms with E-state index in [0.29, 0.717) is 5.56 Å². The van der Waals surface area contributed by atoms with Gasteiger partial charge in [-0.25, -0.2) is 0 Å². The normalized spacial score (nSPS) is 20.4. The lowest BCUT2D eigenvalue weighted by Crippen LogP contribution is -2.22. The molecule has 1 aromatic rings. The molecule has 2 rings (SSSR count). The van der Waals surface area contributed by atoms with E-state index in [1.165, 1.54) is 0 Å². The Kier molecular flexibility index (Phi) is 3.16. The zero-order valence-electron chi connectivity index (χ0n) is 9.37. The third-order valence-corrected chi connectivity index (χ3v) is 3.30. The van der Waals surface area contributed by atoms with Crippen molar-refractivity contribution in [3.8, 4) is 6.07 Å². The number of benzene rings is 1. The second-order valence-corrected chi connectivity index (χ2v) is 4.51. The number of nitrogens with zero attached hydrogens (tertiary/aromatic N) is 1. The first-order valence-electron chi connectivity index (χ1n) is 5.61. The molecule has 4 heteroatoms. The molecule has 2 unspecified atom stereocenters. The van der Waals surface area contributed by atoms with Crippen LogP contribution in [-0.4, -0.2) is 28.0 Å². The fourth-order valence-electron chi connectivity index (χ4n) is 1.93. The summed E-state index contributed by atoms with van der Waals surface area (Å²) in [5, 5.41) is 37.0. The molecule has 1 fully saturated rings. The molecule has 1 aromatic carbocycles. The van der Waals surface area contributed by atoms with E-state index in [1.807, 2.05) is 6.07 Å². The molecular formula is C13H15NO3. The van der Waals surface area contributed by atoms with Crippen molar-refractivity contribution in [2.45, 2.75) is 30.5 Å². The van der Waals surface area contributed by atoms with E-state index < -0.39 is 24.2 Å². The Balaban J connectivity index is 2.27. The molecule has 1 aliphatic carbocycles. The SMILES string of the molecule is N#CC1(c2cccc(C(O)C(O)CO)c2)CC1. The topological polar surface area (TPSA) is 84.5 Å². The van der Waals surface area contributed by atoms with Crippen LogP contribution in [-0.2, 0) is 5.41 Å². The summed E-state index contributed by atoms with van der Waals surface area (Å²) >= 11 is 0. The van der Waals surface area contributed by atoms with Gasteiger partial charge in [0.25, 0.3) is 0 Å². The minimum Gasteiger partial charge on any atom is -0.394 e. The lowest BCUT2D eigenvalue weighted by Gasteiger charge is -2.17. The zero-order chi connectivity index (χ0) is 12.5. The van der Waals surface area contributed by atoms with Crippen molar-refractivity contribution in [3.63, 3.8) is 0 Å². The van der Waals surface area contributed by atoms with E-state index in [4.69, 9.17) is 10.4 Å². The highest BCUT2D eigenvalue weighted by Crippen LogP contribution is 2.47. The van der Waals surface area contributed by atoms with Crippen LogP contribution in [0.1, 0.15) is 30.1 Å². The molecule has 2 atom stereocenters. The van der Waals surface area contributed by atoms with Crippen LogP contribution < -0.4 is 0 Å². The third-order valence-electron chi connectivity index (χ3n) is 3.30. The van der Waals surface area contributed by atoms with Crippen molar-refractivity contribution in [2.24, 2.45) is 0 Å². The van der Waals surface area contributed by atoms with Crippen molar-refractivity contribution >= 4 is 0 Å². The Morgan fingerprint density at radius 2 is 2.06 bits per heavy atom. The standard InChI is InChI=1S/C13H15NO3/c14-8-13(4-5-13)10-3-1-2-9(6-10)12(17)11(16)7-15/h1-3,6,11-12,15-17H,4-5,7H2. The van der Waals surface area contributed by atoms with Crippen LogP contribution in [0.5, 0.6) is 0 Å². The monoisotopic (exact) mass is 233 g/mol. The van der Waals surface area contributed by atoms with Crippen LogP contribution >= 0.6 is 0 Å². The Bertz CT molecular complexity index is 448. The number of nitriles is 1. The van der Waals surface area contributed by atoms with Gasteiger partial charge in [-0.1, -0.05) is 24.3 Å². The summed E-state index contributed by atoms with van der Waals surface area (Å²) in [7, 11) is 0. The molecule has 0 radical (unpaired) electrons. The van der Waals surface area contributed by atoms with Gasteiger partial charge >= 0.3 is 0 Å². The van der Waals surface area contributed by atoms with Gasteiger partial charge in [0.1, 0.15) is 12.2 Å². The first kappa shape index (κ1) is 12.1. The summed E-state index contributed by atoms with van der Waals surface area (Å²) in [5.41, 5.74) is 1.01. The second kappa shape index (κ2) is 4.46. The van der Waals surface area contributed by atoms with Gasteiger partial charge in [-0.2, -0.15) is 5.26 Å². The maximum Gasteiger partial charge on any atom is 0.107 e. The van der Waals surface area contributed by atoms with Gasteiger partial charge in [0.2, 0.25) is 0 Å². The summed E-state index contributed by atoms with van der Waals surface area (Å²) in [6, 6.07) is 9.32. The van der Waals surface area contributed by atoms with Gasteiger partial charge < -0.3 is 15.3 Å². The molecule has 0 amide bonds. The van der Waals surface area contributed by atoms with Gasteiger partial charge in [-0.05, 0) is 24.0 Å². The van der Waals surface area contributed by atoms with Gasteiger partial charge in [0.15, 0.2) is 0 Å². The number of aliphatic hydroxyl groups is 3. The molecule has 0 heterocycles. The quantitative estimate of drug-likeness (QED) is 0.712. The summed E-state index contributed by atoms with van der Waals surface area (Å²) in [6.45, 7) is -0.491. The fraction of sp³-hybridized carbons (Fsp3) is 0.462. The molecule has 90 valence electrons. The summed E-state index contributed by atoms with van der Waals surface area (Å²) in [5.74, 6) is 0. The molecule has 0 saturated heterocycles. The van der Waals surface area contributed by atoms with Crippen molar-refractivity contribution in [1.29, 1.82) is 5.26 Å².